The molecule has 0 aromatic rings. The lowest BCUT2D eigenvalue weighted by atomic mass is 9.65. The fourth-order valence-electron chi connectivity index (χ4n) is 4.11. The van der Waals surface area contributed by atoms with E-state index >= 15 is 0 Å². The highest BCUT2D eigenvalue weighted by Gasteiger charge is 2.62. The Hall–Kier alpha value is -0.330. The molecule has 2 saturated carbocycles. The van der Waals surface area contributed by atoms with Gasteiger partial charge in [-0.2, -0.15) is 0 Å². The molecule has 15 heavy (non-hydrogen) atoms. The summed E-state index contributed by atoms with van der Waals surface area (Å²) in [6.07, 6.45) is 5.59. The van der Waals surface area contributed by atoms with Crippen LogP contribution < -0.4 is 0 Å². The van der Waals surface area contributed by atoms with Gasteiger partial charge in [-0.05, 0) is 42.4 Å². The topological polar surface area (TPSA) is 17.1 Å². The van der Waals surface area contributed by atoms with E-state index in [9.17, 15) is 4.79 Å². The van der Waals surface area contributed by atoms with E-state index in [1.165, 1.54) is 19.3 Å². The van der Waals surface area contributed by atoms with E-state index in [0.717, 1.165) is 18.8 Å². The monoisotopic (exact) mass is 208 g/mol. The molecule has 0 heterocycles. The molecule has 0 amide bonds. The maximum atomic E-state index is 12.1. The number of fused-ring (bicyclic) bond motifs is 2. The lowest BCUT2D eigenvalue weighted by Gasteiger charge is -2.38. The molecule has 0 spiro atoms. The first-order valence-electron chi connectivity index (χ1n) is 6.46. The zero-order chi connectivity index (χ0) is 11.3. The summed E-state index contributed by atoms with van der Waals surface area (Å²) in [7, 11) is 0. The van der Waals surface area contributed by atoms with E-state index < -0.39 is 0 Å². The standard InChI is InChI=1S/C14H24O/c1-5-6-12(15)11-9-10-7-8-14(11,4)13(10,2)3/h10-11H,5-9H2,1-4H3. The van der Waals surface area contributed by atoms with Crippen molar-refractivity contribution in [2.24, 2.45) is 22.7 Å². The number of rotatable bonds is 3. The van der Waals surface area contributed by atoms with Gasteiger partial charge in [0, 0.05) is 12.3 Å². The van der Waals surface area contributed by atoms with Crippen LogP contribution in [0.4, 0.5) is 0 Å². The molecule has 1 nitrogen and oxygen atoms in total. The van der Waals surface area contributed by atoms with Crippen molar-refractivity contribution in [2.45, 2.75) is 59.8 Å². The van der Waals surface area contributed by atoms with Crippen LogP contribution in [0.5, 0.6) is 0 Å². The second-order valence-electron chi connectivity index (χ2n) is 6.38. The van der Waals surface area contributed by atoms with Crippen LogP contribution in [-0.2, 0) is 4.79 Å². The Morgan fingerprint density at radius 2 is 2.00 bits per heavy atom. The van der Waals surface area contributed by atoms with Gasteiger partial charge < -0.3 is 0 Å². The number of carbonyl (C=O) groups is 1. The molecule has 0 radical (unpaired) electrons. The summed E-state index contributed by atoms with van der Waals surface area (Å²) in [5, 5.41) is 0. The third-order valence-corrected chi connectivity index (χ3v) is 5.68. The van der Waals surface area contributed by atoms with Gasteiger partial charge in [0.2, 0.25) is 0 Å². The van der Waals surface area contributed by atoms with Crippen molar-refractivity contribution in [3.63, 3.8) is 0 Å². The van der Waals surface area contributed by atoms with Gasteiger partial charge in [0.15, 0.2) is 0 Å². The Bertz CT molecular complexity index is 279. The fraction of sp³-hybridized carbons (Fsp3) is 0.929. The Morgan fingerprint density at radius 1 is 1.33 bits per heavy atom. The molecule has 2 aliphatic rings. The first-order chi connectivity index (χ1) is 6.93. The van der Waals surface area contributed by atoms with E-state index in [-0.39, 0.29) is 0 Å². The molecule has 0 aliphatic heterocycles. The maximum absolute atomic E-state index is 12.1. The summed E-state index contributed by atoms with van der Waals surface area (Å²) in [5.41, 5.74) is 0.686. The van der Waals surface area contributed by atoms with Crippen molar-refractivity contribution in [3.8, 4) is 0 Å². The third-order valence-electron chi connectivity index (χ3n) is 5.68. The molecule has 1 heteroatoms. The van der Waals surface area contributed by atoms with Gasteiger partial charge in [0.05, 0.1) is 0 Å². The van der Waals surface area contributed by atoms with Crippen LogP contribution >= 0.6 is 0 Å². The van der Waals surface area contributed by atoms with E-state index in [4.69, 9.17) is 0 Å². The molecular formula is C14H24O. The second kappa shape index (κ2) is 3.33. The summed E-state index contributed by atoms with van der Waals surface area (Å²) < 4.78 is 0. The fourth-order valence-corrected chi connectivity index (χ4v) is 4.11. The van der Waals surface area contributed by atoms with E-state index in [0.29, 0.717) is 22.5 Å². The minimum Gasteiger partial charge on any atom is -0.299 e. The van der Waals surface area contributed by atoms with Crippen LogP contribution in [0.25, 0.3) is 0 Å². The summed E-state index contributed by atoms with van der Waals surface area (Å²) in [5.74, 6) is 1.70. The molecule has 0 N–H and O–H groups in total. The van der Waals surface area contributed by atoms with E-state index in [2.05, 4.69) is 27.7 Å². The Balaban J connectivity index is 2.22. The molecular weight excluding hydrogens is 184 g/mol. The van der Waals surface area contributed by atoms with Crippen LogP contribution in [0.15, 0.2) is 0 Å². The maximum Gasteiger partial charge on any atom is 0.136 e. The Morgan fingerprint density at radius 3 is 2.40 bits per heavy atom. The molecule has 0 aromatic carbocycles. The predicted octanol–water partition coefficient (Wildman–Crippen LogP) is 3.82. The lowest BCUT2D eigenvalue weighted by Crippen LogP contribution is -2.36. The smallest absolute Gasteiger partial charge is 0.136 e. The average molecular weight is 208 g/mol. The molecule has 3 unspecified atom stereocenters. The molecule has 2 rings (SSSR count). The van der Waals surface area contributed by atoms with Crippen LogP contribution in [0.1, 0.15) is 59.8 Å². The highest BCUT2D eigenvalue weighted by molar-refractivity contribution is 5.82. The summed E-state index contributed by atoms with van der Waals surface area (Å²) in [4.78, 5) is 12.1. The molecule has 2 aliphatic carbocycles. The van der Waals surface area contributed by atoms with Gasteiger partial charge in [-0.3, -0.25) is 4.79 Å². The average Bonchev–Trinajstić information content (AvgIpc) is 2.49. The molecule has 86 valence electrons. The number of ketones is 1. The van der Waals surface area contributed by atoms with Gasteiger partial charge in [-0.15, -0.1) is 0 Å². The van der Waals surface area contributed by atoms with Gasteiger partial charge in [-0.25, -0.2) is 0 Å². The second-order valence-corrected chi connectivity index (χ2v) is 6.38. The van der Waals surface area contributed by atoms with Crippen LogP contribution in [0.2, 0.25) is 0 Å². The first-order valence-corrected chi connectivity index (χ1v) is 6.46. The van der Waals surface area contributed by atoms with Crippen molar-refractivity contribution < 1.29 is 4.79 Å². The molecule has 2 bridgehead atoms. The third kappa shape index (κ3) is 1.31. The lowest BCUT2D eigenvalue weighted by molar-refractivity contribution is -0.127. The Kier molecular flexibility index (Phi) is 2.48. The zero-order valence-corrected chi connectivity index (χ0v) is 10.6. The normalized spacial score (nSPS) is 42.1. The van der Waals surface area contributed by atoms with Crippen molar-refractivity contribution >= 4 is 5.78 Å². The minimum absolute atomic E-state index is 0.296. The largest absolute Gasteiger partial charge is 0.299 e. The number of carbonyl (C=O) groups excluding carboxylic acids is 1. The molecule has 0 saturated heterocycles. The minimum atomic E-state index is 0.296. The molecule has 0 aromatic heterocycles. The van der Waals surface area contributed by atoms with Crippen LogP contribution in [-0.4, -0.2) is 5.78 Å². The number of hydrogen-bond donors (Lipinski definition) is 0. The van der Waals surface area contributed by atoms with Crippen molar-refractivity contribution in [1.29, 1.82) is 0 Å². The van der Waals surface area contributed by atoms with Gasteiger partial charge in [0.25, 0.3) is 0 Å². The number of hydrogen-bond acceptors (Lipinski definition) is 1. The Labute approximate surface area is 93.6 Å². The molecule has 3 atom stereocenters. The van der Waals surface area contributed by atoms with E-state index in [1.807, 2.05) is 0 Å². The molecule has 2 fully saturated rings. The number of Topliss-reactive ketones (excluding diaryl/α,β-unsaturated/α-hetero) is 1. The highest BCUT2D eigenvalue weighted by atomic mass is 16.1. The quantitative estimate of drug-likeness (QED) is 0.689. The predicted molar refractivity (Wildman–Crippen MR) is 62.6 cm³/mol. The van der Waals surface area contributed by atoms with Gasteiger partial charge in [0.1, 0.15) is 5.78 Å². The van der Waals surface area contributed by atoms with Crippen molar-refractivity contribution in [2.75, 3.05) is 0 Å². The van der Waals surface area contributed by atoms with E-state index in [1.54, 1.807) is 0 Å². The summed E-state index contributed by atoms with van der Waals surface area (Å²) in [6, 6.07) is 0. The summed E-state index contributed by atoms with van der Waals surface area (Å²) in [6.45, 7) is 9.23. The SMILES string of the molecule is CCCC(=O)C1CC2CCC1(C)C2(C)C. The van der Waals surface area contributed by atoms with Crippen molar-refractivity contribution in [1.82, 2.24) is 0 Å². The van der Waals surface area contributed by atoms with Gasteiger partial charge in [-0.1, -0.05) is 27.7 Å². The van der Waals surface area contributed by atoms with Crippen LogP contribution in [0.3, 0.4) is 0 Å². The zero-order valence-electron chi connectivity index (χ0n) is 10.6. The highest BCUT2D eigenvalue weighted by Crippen LogP contribution is 2.68. The summed E-state index contributed by atoms with van der Waals surface area (Å²) >= 11 is 0. The van der Waals surface area contributed by atoms with Crippen LogP contribution in [0, 0.1) is 22.7 Å². The van der Waals surface area contributed by atoms with Gasteiger partial charge >= 0.3 is 0 Å². The van der Waals surface area contributed by atoms with Crippen molar-refractivity contribution in [3.05, 3.63) is 0 Å². The first kappa shape index (κ1) is 11.2.